The molecule has 0 aromatic carbocycles. The standard InChI is InChI=1S/C27H47N5O/c1-5-22(4)31(7-3)21-25-11-10-16-32(25)27-28-19-24(20-29-27)23-13-17-30(18-14-23)15-9-8-12-26(33)6-2/h19-20,22-23,25H,5-18,21H2,1-4H3. The molecule has 0 amide bonds. The molecule has 1 aromatic rings. The van der Waals surface area contributed by atoms with E-state index in [-0.39, 0.29) is 0 Å². The van der Waals surface area contributed by atoms with Crippen molar-refractivity contribution < 1.29 is 4.79 Å². The fourth-order valence-corrected chi connectivity index (χ4v) is 5.45. The molecule has 3 heterocycles. The number of aromatic nitrogens is 2. The summed E-state index contributed by atoms with van der Waals surface area (Å²) < 4.78 is 0. The van der Waals surface area contributed by atoms with Crippen LogP contribution in [0.15, 0.2) is 12.4 Å². The Hall–Kier alpha value is -1.53. The predicted molar refractivity (Wildman–Crippen MR) is 137 cm³/mol. The summed E-state index contributed by atoms with van der Waals surface area (Å²) in [6.45, 7) is 15.6. The minimum Gasteiger partial charge on any atom is -0.337 e. The van der Waals surface area contributed by atoms with Gasteiger partial charge in [0.15, 0.2) is 0 Å². The summed E-state index contributed by atoms with van der Waals surface area (Å²) in [6.07, 6.45) is 13.8. The van der Waals surface area contributed by atoms with E-state index < -0.39 is 0 Å². The van der Waals surface area contributed by atoms with E-state index in [4.69, 9.17) is 9.97 Å². The number of carbonyl (C=O) groups is 1. The van der Waals surface area contributed by atoms with Gasteiger partial charge in [-0.15, -0.1) is 0 Å². The summed E-state index contributed by atoms with van der Waals surface area (Å²) in [5.74, 6) is 1.89. The zero-order valence-electron chi connectivity index (χ0n) is 21.6. The first-order chi connectivity index (χ1) is 16.0. The summed E-state index contributed by atoms with van der Waals surface area (Å²) in [7, 11) is 0. The van der Waals surface area contributed by atoms with Crippen molar-refractivity contribution in [2.45, 2.75) is 103 Å². The van der Waals surface area contributed by atoms with Crippen LogP contribution in [0.5, 0.6) is 0 Å². The van der Waals surface area contributed by atoms with Gasteiger partial charge in [-0.3, -0.25) is 9.69 Å². The van der Waals surface area contributed by atoms with Gasteiger partial charge in [-0.25, -0.2) is 9.97 Å². The molecule has 33 heavy (non-hydrogen) atoms. The van der Waals surface area contributed by atoms with Gasteiger partial charge in [0.05, 0.1) is 0 Å². The van der Waals surface area contributed by atoms with Crippen molar-refractivity contribution in [1.82, 2.24) is 19.8 Å². The first-order valence-corrected chi connectivity index (χ1v) is 13.6. The molecular weight excluding hydrogens is 410 g/mol. The maximum Gasteiger partial charge on any atom is 0.225 e. The molecule has 2 unspecified atom stereocenters. The number of rotatable bonds is 13. The van der Waals surface area contributed by atoms with Crippen LogP contribution in [0, 0.1) is 0 Å². The molecule has 6 nitrogen and oxygen atoms in total. The molecule has 2 aliphatic heterocycles. The second-order valence-electron chi connectivity index (χ2n) is 10.1. The number of carbonyl (C=O) groups excluding carboxylic acids is 1. The van der Waals surface area contributed by atoms with Crippen LogP contribution in [0.1, 0.15) is 97.0 Å². The number of piperidine rings is 1. The van der Waals surface area contributed by atoms with Crippen molar-refractivity contribution in [2.24, 2.45) is 0 Å². The smallest absolute Gasteiger partial charge is 0.225 e. The maximum atomic E-state index is 11.5. The van der Waals surface area contributed by atoms with Crippen LogP contribution in [-0.4, -0.2) is 76.9 Å². The number of nitrogens with zero attached hydrogens (tertiary/aromatic N) is 5. The number of hydrogen-bond donors (Lipinski definition) is 0. The van der Waals surface area contributed by atoms with Crippen LogP contribution in [0.4, 0.5) is 5.95 Å². The monoisotopic (exact) mass is 457 g/mol. The topological polar surface area (TPSA) is 52.6 Å². The van der Waals surface area contributed by atoms with Gasteiger partial charge in [-0.2, -0.15) is 0 Å². The van der Waals surface area contributed by atoms with E-state index in [1.54, 1.807) is 0 Å². The third kappa shape index (κ3) is 7.48. The van der Waals surface area contributed by atoms with Crippen LogP contribution in [0.25, 0.3) is 0 Å². The van der Waals surface area contributed by atoms with Gasteiger partial charge in [0.25, 0.3) is 0 Å². The Morgan fingerprint density at radius 1 is 1.09 bits per heavy atom. The number of ketones is 1. The highest BCUT2D eigenvalue weighted by molar-refractivity contribution is 5.77. The lowest BCUT2D eigenvalue weighted by Crippen LogP contribution is -2.44. The quantitative estimate of drug-likeness (QED) is 0.393. The fraction of sp³-hybridized carbons (Fsp3) is 0.815. The van der Waals surface area contributed by atoms with Gasteiger partial charge < -0.3 is 9.80 Å². The van der Waals surface area contributed by atoms with Crippen LogP contribution in [0.3, 0.4) is 0 Å². The van der Waals surface area contributed by atoms with Gasteiger partial charge in [-0.05, 0) is 89.5 Å². The highest BCUT2D eigenvalue weighted by atomic mass is 16.1. The van der Waals surface area contributed by atoms with Gasteiger partial charge in [-0.1, -0.05) is 20.8 Å². The van der Waals surface area contributed by atoms with E-state index in [0.717, 1.165) is 64.5 Å². The summed E-state index contributed by atoms with van der Waals surface area (Å²) in [5.41, 5.74) is 1.30. The Morgan fingerprint density at radius 3 is 2.45 bits per heavy atom. The van der Waals surface area contributed by atoms with E-state index in [1.165, 1.54) is 37.7 Å². The number of likely N-dealkylation sites (N-methyl/N-ethyl adjacent to an activating group) is 1. The Morgan fingerprint density at radius 2 is 1.82 bits per heavy atom. The Balaban J connectivity index is 1.47. The number of anilines is 1. The largest absolute Gasteiger partial charge is 0.337 e. The normalized spacial score (nSPS) is 21.1. The van der Waals surface area contributed by atoms with E-state index in [0.29, 0.717) is 30.2 Å². The van der Waals surface area contributed by atoms with E-state index in [9.17, 15) is 4.79 Å². The molecule has 2 fully saturated rings. The molecule has 2 aliphatic rings. The number of unbranched alkanes of at least 4 members (excludes halogenated alkanes) is 1. The summed E-state index contributed by atoms with van der Waals surface area (Å²) in [5, 5.41) is 0. The number of Topliss-reactive ketones (excluding diaryl/α,β-unsaturated/α-hetero) is 1. The van der Waals surface area contributed by atoms with Crippen molar-refractivity contribution in [2.75, 3.05) is 44.2 Å². The fourth-order valence-electron chi connectivity index (χ4n) is 5.45. The van der Waals surface area contributed by atoms with Crippen molar-refractivity contribution in [3.05, 3.63) is 18.0 Å². The van der Waals surface area contributed by atoms with Crippen LogP contribution in [0.2, 0.25) is 0 Å². The molecule has 186 valence electrons. The molecule has 2 saturated heterocycles. The second kappa shape index (κ2) is 13.4. The van der Waals surface area contributed by atoms with Gasteiger partial charge in [0.1, 0.15) is 5.78 Å². The van der Waals surface area contributed by atoms with Crippen LogP contribution < -0.4 is 4.90 Å². The molecular formula is C27H47N5O. The first kappa shape index (κ1) is 26.1. The number of hydrogen-bond acceptors (Lipinski definition) is 6. The maximum absolute atomic E-state index is 11.5. The zero-order chi connectivity index (χ0) is 23.6. The van der Waals surface area contributed by atoms with Crippen molar-refractivity contribution in [3.8, 4) is 0 Å². The molecule has 6 heteroatoms. The van der Waals surface area contributed by atoms with Crippen LogP contribution >= 0.6 is 0 Å². The van der Waals surface area contributed by atoms with E-state index >= 15 is 0 Å². The zero-order valence-corrected chi connectivity index (χ0v) is 21.6. The minimum absolute atomic E-state index is 0.399. The van der Waals surface area contributed by atoms with Crippen molar-refractivity contribution >= 4 is 11.7 Å². The predicted octanol–water partition coefficient (Wildman–Crippen LogP) is 4.89. The van der Waals surface area contributed by atoms with Gasteiger partial charge >= 0.3 is 0 Å². The average Bonchev–Trinajstić information content (AvgIpc) is 3.33. The second-order valence-corrected chi connectivity index (χ2v) is 10.1. The SMILES string of the molecule is CCC(=O)CCCCN1CCC(c2cnc(N3CCCC3CN(CC)C(C)CC)nc2)CC1. The first-order valence-electron chi connectivity index (χ1n) is 13.6. The molecule has 3 rings (SSSR count). The molecule has 0 bridgehead atoms. The number of likely N-dealkylation sites (tertiary alicyclic amines) is 1. The van der Waals surface area contributed by atoms with E-state index in [2.05, 4.69) is 47.9 Å². The lowest BCUT2D eigenvalue weighted by molar-refractivity contribution is -0.118. The Bertz CT molecular complexity index is 701. The summed E-state index contributed by atoms with van der Waals surface area (Å²) in [6, 6.07) is 1.16. The highest BCUT2D eigenvalue weighted by Crippen LogP contribution is 2.29. The van der Waals surface area contributed by atoms with Crippen molar-refractivity contribution in [1.29, 1.82) is 0 Å². The van der Waals surface area contributed by atoms with Gasteiger partial charge in [0.2, 0.25) is 5.95 Å². The average molecular weight is 458 g/mol. The van der Waals surface area contributed by atoms with Crippen LogP contribution in [-0.2, 0) is 4.79 Å². The molecule has 0 radical (unpaired) electrons. The molecule has 0 saturated carbocycles. The summed E-state index contributed by atoms with van der Waals surface area (Å²) in [4.78, 5) is 28.7. The van der Waals surface area contributed by atoms with Crippen molar-refractivity contribution in [3.63, 3.8) is 0 Å². The molecule has 2 atom stereocenters. The third-order valence-electron chi connectivity index (χ3n) is 7.99. The third-order valence-corrected chi connectivity index (χ3v) is 7.99. The minimum atomic E-state index is 0.399. The van der Waals surface area contributed by atoms with E-state index in [1.807, 2.05) is 6.92 Å². The molecule has 0 N–H and O–H groups in total. The summed E-state index contributed by atoms with van der Waals surface area (Å²) >= 11 is 0. The van der Waals surface area contributed by atoms with Gasteiger partial charge in [0, 0.05) is 50.4 Å². The Kier molecular flexibility index (Phi) is 10.6. The lowest BCUT2D eigenvalue weighted by atomic mass is 9.91. The highest BCUT2D eigenvalue weighted by Gasteiger charge is 2.29. The molecule has 0 aliphatic carbocycles. The molecule has 0 spiro atoms. The Labute approximate surface area is 202 Å². The lowest BCUT2D eigenvalue weighted by Gasteiger charge is -2.34. The molecule has 1 aromatic heterocycles.